The van der Waals surface area contributed by atoms with Crippen LogP contribution in [0, 0.1) is 10.1 Å². The van der Waals surface area contributed by atoms with Gasteiger partial charge in [0.1, 0.15) is 17.0 Å². The van der Waals surface area contributed by atoms with Crippen molar-refractivity contribution in [1.82, 2.24) is 10.3 Å². The summed E-state index contributed by atoms with van der Waals surface area (Å²) in [6.45, 7) is 1.50. The SMILES string of the molecule is O=C(NC(=S)Nc1ccc(O)c(-c2nc3ccccc3o2)c1)c1ccc(N2CCCC2)c([N+](=O)[O-])c1. The predicted molar refractivity (Wildman–Crippen MR) is 139 cm³/mol. The number of hydrogen-bond acceptors (Lipinski definition) is 8. The lowest BCUT2D eigenvalue weighted by Crippen LogP contribution is -2.34. The highest BCUT2D eigenvalue weighted by molar-refractivity contribution is 7.80. The topological polar surface area (TPSA) is 134 Å². The second-order valence-electron chi connectivity index (χ2n) is 8.28. The van der Waals surface area contributed by atoms with E-state index in [-0.39, 0.29) is 28.0 Å². The molecular formula is C25H21N5O5S. The number of aromatic hydroxyl groups is 1. The molecule has 1 aliphatic rings. The van der Waals surface area contributed by atoms with Crippen LogP contribution in [0.15, 0.2) is 65.1 Å². The molecule has 1 amide bonds. The summed E-state index contributed by atoms with van der Waals surface area (Å²) in [7, 11) is 0. The minimum absolute atomic E-state index is 0.0134. The molecule has 1 fully saturated rings. The molecule has 1 aromatic heterocycles. The molecule has 0 unspecified atom stereocenters. The van der Waals surface area contributed by atoms with Crippen LogP contribution in [-0.4, -0.2) is 39.1 Å². The number of hydrogen-bond donors (Lipinski definition) is 3. The van der Waals surface area contributed by atoms with E-state index < -0.39 is 10.8 Å². The Morgan fingerprint density at radius 1 is 1.11 bits per heavy atom. The Kier molecular flexibility index (Phi) is 6.21. The van der Waals surface area contributed by atoms with Crippen molar-refractivity contribution in [2.75, 3.05) is 23.3 Å². The number of benzene rings is 3. The molecule has 11 heteroatoms. The number of rotatable bonds is 5. The molecule has 2 heterocycles. The molecule has 10 nitrogen and oxygen atoms in total. The van der Waals surface area contributed by atoms with Gasteiger partial charge in [0.05, 0.1) is 10.5 Å². The van der Waals surface area contributed by atoms with Gasteiger partial charge in [0, 0.05) is 30.4 Å². The molecule has 3 aromatic carbocycles. The highest BCUT2D eigenvalue weighted by Gasteiger charge is 2.24. The summed E-state index contributed by atoms with van der Waals surface area (Å²) in [5.74, 6) is -0.383. The molecule has 0 aliphatic carbocycles. The van der Waals surface area contributed by atoms with Gasteiger partial charge >= 0.3 is 0 Å². The van der Waals surface area contributed by atoms with Crippen molar-refractivity contribution in [2.24, 2.45) is 0 Å². The lowest BCUT2D eigenvalue weighted by Gasteiger charge is -2.18. The fraction of sp³-hybridized carbons (Fsp3) is 0.160. The zero-order chi connectivity index (χ0) is 25.2. The highest BCUT2D eigenvalue weighted by atomic mass is 32.1. The molecule has 1 aliphatic heterocycles. The van der Waals surface area contributed by atoms with Gasteiger partial charge < -0.3 is 19.7 Å². The van der Waals surface area contributed by atoms with Gasteiger partial charge in [0.15, 0.2) is 10.7 Å². The maximum absolute atomic E-state index is 12.8. The first-order valence-corrected chi connectivity index (χ1v) is 11.6. The maximum Gasteiger partial charge on any atom is 0.293 e. The minimum Gasteiger partial charge on any atom is -0.507 e. The highest BCUT2D eigenvalue weighted by Crippen LogP contribution is 2.34. The number of phenols is 1. The molecule has 5 rings (SSSR count). The van der Waals surface area contributed by atoms with E-state index in [1.807, 2.05) is 17.0 Å². The molecule has 0 bridgehead atoms. The summed E-state index contributed by atoms with van der Waals surface area (Å²) in [5.41, 5.74) is 2.56. The zero-order valence-corrected chi connectivity index (χ0v) is 19.7. The third kappa shape index (κ3) is 4.68. The van der Waals surface area contributed by atoms with Crippen LogP contribution in [0.5, 0.6) is 5.75 Å². The number of oxazole rings is 1. The second kappa shape index (κ2) is 9.62. The van der Waals surface area contributed by atoms with Crippen molar-refractivity contribution in [3.63, 3.8) is 0 Å². The maximum atomic E-state index is 12.8. The Labute approximate surface area is 210 Å². The van der Waals surface area contributed by atoms with E-state index in [4.69, 9.17) is 16.6 Å². The number of nitro benzene ring substituents is 1. The molecule has 0 radical (unpaired) electrons. The number of carbonyl (C=O) groups excluding carboxylic acids is 1. The van der Waals surface area contributed by atoms with E-state index in [2.05, 4.69) is 15.6 Å². The van der Waals surface area contributed by atoms with Crippen LogP contribution in [0.1, 0.15) is 23.2 Å². The quantitative estimate of drug-likeness (QED) is 0.151. The fourth-order valence-electron chi connectivity index (χ4n) is 4.15. The average Bonchev–Trinajstić information content (AvgIpc) is 3.55. The molecule has 0 saturated carbocycles. The standard InChI is InChI=1S/C25H21N5O5S/c31-21-10-8-16(14-17(21)24-27-18-5-1-2-6-22(18)35-24)26-25(36)28-23(32)15-7-9-19(20(13-15)30(33)34)29-11-3-4-12-29/h1-2,5-10,13-14,31H,3-4,11-12H2,(H2,26,28,32,36). The molecule has 4 aromatic rings. The van der Waals surface area contributed by atoms with Crippen molar-refractivity contribution in [3.05, 3.63) is 76.3 Å². The van der Waals surface area contributed by atoms with E-state index in [1.54, 1.807) is 36.4 Å². The van der Waals surface area contributed by atoms with Crippen LogP contribution < -0.4 is 15.5 Å². The molecule has 36 heavy (non-hydrogen) atoms. The van der Waals surface area contributed by atoms with E-state index in [1.165, 1.54) is 12.1 Å². The van der Waals surface area contributed by atoms with Crippen molar-refractivity contribution in [2.45, 2.75) is 12.8 Å². The number of anilines is 2. The van der Waals surface area contributed by atoms with Gasteiger partial charge in [-0.25, -0.2) is 4.98 Å². The van der Waals surface area contributed by atoms with Gasteiger partial charge in [0.2, 0.25) is 5.89 Å². The van der Waals surface area contributed by atoms with E-state index in [9.17, 15) is 20.0 Å². The van der Waals surface area contributed by atoms with Crippen molar-refractivity contribution >= 4 is 51.4 Å². The summed E-state index contributed by atoms with van der Waals surface area (Å²) in [4.78, 5) is 30.2. The number of thiocarbonyl (C=S) groups is 1. The zero-order valence-electron chi connectivity index (χ0n) is 18.9. The number of nitro groups is 1. The number of amides is 1. The fourth-order valence-corrected chi connectivity index (χ4v) is 4.36. The smallest absolute Gasteiger partial charge is 0.293 e. The Morgan fingerprint density at radius 2 is 1.89 bits per heavy atom. The van der Waals surface area contributed by atoms with Crippen molar-refractivity contribution < 1.29 is 19.2 Å². The summed E-state index contributed by atoms with van der Waals surface area (Å²) >= 11 is 5.27. The molecule has 1 saturated heterocycles. The predicted octanol–water partition coefficient (Wildman–Crippen LogP) is 4.84. The Balaban J connectivity index is 1.31. The minimum atomic E-state index is -0.582. The number of nitrogens with zero attached hydrogens (tertiary/aromatic N) is 3. The lowest BCUT2D eigenvalue weighted by molar-refractivity contribution is -0.384. The molecule has 0 spiro atoms. The molecular weight excluding hydrogens is 482 g/mol. The van der Waals surface area contributed by atoms with Gasteiger partial charge in [-0.2, -0.15) is 0 Å². The second-order valence-corrected chi connectivity index (χ2v) is 8.69. The van der Waals surface area contributed by atoms with Gasteiger partial charge in [-0.3, -0.25) is 20.2 Å². The number of nitrogens with one attached hydrogen (secondary N) is 2. The van der Waals surface area contributed by atoms with Crippen LogP contribution in [-0.2, 0) is 0 Å². The molecule has 0 atom stereocenters. The van der Waals surface area contributed by atoms with Crippen molar-refractivity contribution in [3.8, 4) is 17.2 Å². The van der Waals surface area contributed by atoms with Gasteiger partial charge in [-0.05, 0) is 67.5 Å². The number of para-hydroxylation sites is 2. The average molecular weight is 504 g/mol. The van der Waals surface area contributed by atoms with Gasteiger partial charge in [0.25, 0.3) is 11.6 Å². The van der Waals surface area contributed by atoms with Crippen LogP contribution >= 0.6 is 12.2 Å². The summed E-state index contributed by atoms with van der Waals surface area (Å²) in [5, 5.41) is 27.4. The third-order valence-electron chi connectivity index (χ3n) is 5.89. The lowest BCUT2D eigenvalue weighted by atomic mass is 10.1. The van der Waals surface area contributed by atoms with Crippen LogP contribution in [0.25, 0.3) is 22.6 Å². The number of fused-ring (bicyclic) bond motifs is 1. The van der Waals surface area contributed by atoms with Gasteiger partial charge in [-0.1, -0.05) is 12.1 Å². The monoisotopic (exact) mass is 503 g/mol. The first kappa shape index (κ1) is 23.2. The first-order valence-electron chi connectivity index (χ1n) is 11.2. The van der Waals surface area contributed by atoms with Crippen molar-refractivity contribution in [1.29, 1.82) is 0 Å². The summed E-state index contributed by atoms with van der Waals surface area (Å²) < 4.78 is 5.73. The van der Waals surface area contributed by atoms with Crippen LogP contribution in [0.3, 0.4) is 0 Å². The Bertz CT molecular complexity index is 1460. The molecule has 182 valence electrons. The number of aromatic nitrogens is 1. The summed E-state index contributed by atoms with van der Waals surface area (Å²) in [6, 6.07) is 16.3. The number of carbonyl (C=O) groups is 1. The van der Waals surface area contributed by atoms with Gasteiger partial charge in [-0.15, -0.1) is 0 Å². The van der Waals surface area contributed by atoms with E-state index >= 15 is 0 Å². The summed E-state index contributed by atoms with van der Waals surface area (Å²) in [6.07, 6.45) is 1.95. The number of phenolic OH excluding ortho intramolecular Hbond substituents is 1. The first-order chi connectivity index (χ1) is 17.4. The Morgan fingerprint density at radius 3 is 2.64 bits per heavy atom. The van der Waals surface area contributed by atoms with Crippen LogP contribution in [0.2, 0.25) is 0 Å². The normalized spacial score (nSPS) is 13.1. The Hall–Kier alpha value is -4.51. The van der Waals surface area contributed by atoms with E-state index in [0.29, 0.717) is 28.0 Å². The third-order valence-corrected chi connectivity index (χ3v) is 6.09. The van der Waals surface area contributed by atoms with E-state index in [0.717, 1.165) is 25.9 Å². The largest absolute Gasteiger partial charge is 0.507 e. The van der Waals surface area contributed by atoms with Crippen LogP contribution in [0.4, 0.5) is 17.1 Å². The molecule has 3 N–H and O–H groups in total.